The maximum Gasteiger partial charge on any atom is 0.263 e. The number of amidine groups is 1. The second-order valence-electron chi connectivity index (χ2n) is 7.04. The molecule has 2 aromatic rings. The van der Waals surface area contributed by atoms with Crippen molar-refractivity contribution in [2.24, 2.45) is 10.9 Å². The lowest BCUT2D eigenvalue weighted by Gasteiger charge is -2.18. The molecular formula is C19H22N4O3S2. The van der Waals surface area contributed by atoms with Gasteiger partial charge in [0.15, 0.2) is 5.13 Å². The van der Waals surface area contributed by atoms with E-state index in [1.165, 1.54) is 11.3 Å². The third kappa shape index (κ3) is 3.81. The molecule has 1 unspecified atom stereocenters. The van der Waals surface area contributed by atoms with Crippen LogP contribution >= 0.6 is 11.3 Å². The Morgan fingerprint density at radius 2 is 2.21 bits per heavy atom. The zero-order valence-corrected chi connectivity index (χ0v) is 17.2. The molecule has 0 radical (unpaired) electrons. The van der Waals surface area contributed by atoms with Crippen molar-refractivity contribution >= 4 is 38.2 Å². The summed E-state index contributed by atoms with van der Waals surface area (Å²) in [5.41, 5.74) is 1.66. The number of aromatic nitrogens is 1. The topological polar surface area (TPSA) is 101 Å². The third-order valence-corrected chi connectivity index (χ3v) is 7.57. The Labute approximate surface area is 168 Å². The van der Waals surface area contributed by atoms with Gasteiger partial charge in [0.25, 0.3) is 10.0 Å². The van der Waals surface area contributed by atoms with Crippen molar-refractivity contribution in [3.05, 3.63) is 40.4 Å². The van der Waals surface area contributed by atoms with Gasteiger partial charge in [-0.05, 0) is 37.3 Å². The fraction of sp³-hybridized carbons (Fsp3) is 0.421. The van der Waals surface area contributed by atoms with Crippen LogP contribution < -0.4 is 10.0 Å². The van der Waals surface area contributed by atoms with E-state index in [0.29, 0.717) is 22.4 Å². The van der Waals surface area contributed by atoms with Crippen molar-refractivity contribution in [3.63, 3.8) is 0 Å². The Morgan fingerprint density at radius 3 is 3.04 bits per heavy atom. The first kappa shape index (κ1) is 19.1. The van der Waals surface area contributed by atoms with Crippen LogP contribution in [0.5, 0.6) is 0 Å². The van der Waals surface area contributed by atoms with Gasteiger partial charge < -0.3 is 5.32 Å². The number of hydrogen-bond donors (Lipinski definition) is 2. The number of carbonyl (C=O) groups excluding carboxylic acids is 1. The fourth-order valence-corrected chi connectivity index (χ4v) is 5.94. The van der Waals surface area contributed by atoms with Gasteiger partial charge in [-0.15, -0.1) is 11.3 Å². The summed E-state index contributed by atoms with van der Waals surface area (Å²) in [6, 6.07) is 6.68. The number of benzene rings is 1. The Bertz CT molecular complexity index is 1040. The number of carbonyl (C=O) groups is 1. The van der Waals surface area contributed by atoms with Crippen LogP contribution in [0.15, 0.2) is 34.2 Å². The summed E-state index contributed by atoms with van der Waals surface area (Å²) in [4.78, 5) is 22.6. The summed E-state index contributed by atoms with van der Waals surface area (Å²) in [6.45, 7) is 2.41. The highest BCUT2D eigenvalue weighted by Crippen LogP contribution is 2.33. The Hall–Kier alpha value is -2.26. The quantitative estimate of drug-likeness (QED) is 0.780. The molecule has 4 rings (SSSR count). The van der Waals surface area contributed by atoms with Crippen molar-refractivity contribution < 1.29 is 13.2 Å². The molecule has 1 aliphatic heterocycles. The lowest BCUT2D eigenvalue weighted by molar-refractivity contribution is -0.116. The summed E-state index contributed by atoms with van der Waals surface area (Å²) >= 11 is 1.56. The molecule has 1 aromatic carbocycles. The Morgan fingerprint density at radius 1 is 1.39 bits per heavy atom. The van der Waals surface area contributed by atoms with Crippen LogP contribution in [0.4, 0.5) is 5.13 Å². The minimum absolute atomic E-state index is 0.162. The van der Waals surface area contributed by atoms with Gasteiger partial charge >= 0.3 is 0 Å². The van der Waals surface area contributed by atoms with Crippen molar-refractivity contribution in [1.82, 2.24) is 9.71 Å². The number of fused-ring (bicyclic) bond motifs is 2. The smallest absolute Gasteiger partial charge is 0.263 e. The number of anilines is 1. The number of sulfonamides is 1. The van der Waals surface area contributed by atoms with E-state index in [0.717, 1.165) is 25.0 Å². The van der Waals surface area contributed by atoms with Crippen molar-refractivity contribution in [2.45, 2.75) is 43.9 Å². The number of aryl methyl sites for hydroxylation is 1. The van der Waals surface area contributed by atoms with E-state index in [1.807, 2.05) is 0 Å². The van der Waals surface area contributed by atoms with Crippen LogP contribution in [-0.2, 0) is 27.7 Å². The number of amides is 1. The number of rotatable bonds is 5. The van der Waals surface area contributed by atoms with E-state index in [2.05, 4.69) is 26.9 Å². The zero-order chi connectivity index (χ0) is 19.7. The summed E-state index contributed by atoms with van der Waals surface area (Å²) in [6.07, 6.45) is 4.52. The molecule has 1 amide bonds. The summed E-state index contributed by atoms with van der Waals surface area (Å²) in [5, 5.41) is 3.50. The minimum atomic E-state index is -3.55. The standard InChI is InChI=1S/C19H22N4O3S2/c1-2-12-7-8-14-15(11-12)27-19(21-14)22-17(24)9-10-20-18-13-5-3-4-6-16(13)28(25,26)23-18/h3-6,12H,2,7-11H2,1H3,(H,20,23)(H,21,22,24). The summed E-state index contributed by atoms with van der Waals surface area (Å²) in [5.74, 6) is 0.834. The first-order valence-electron chi connectivity index (χ1n) is 9.41. The molecule has 2 N–H and O–H groups in total. The van der Waals surface area contributed by atoms with Gasteiger partial charge in [-0.1, -0.05) is 25.5 Å². The zero-order valence-electron chi connectivity index (χ0n) is 15.6. The first-order valence-corrected chi connectivity index (χ1v) is 11.7. The molecule has 2 heterocycles. The normalized spacial score (nSPS) is 21.0. The van der Waals surface area contributed by atoms with E-state index in [9.17, 15) is 13.2 Å². The van der Waals surface area contributed by atoms with Crippen molar-refractivity contribution in [2.75, 3.05) is 11.9 Å². The van der Waals surface area contributed by atoms with Crippen LogP contribution in [0, 0.1) is 5.92 Å². The van der Waals surface area contributed by atoms with E-state index in [1.54, 1.807) is 35.6 Å². The van der Waals surface area contributed by atoms with Gasteiger partial charge in [0.2, 0.25) is 5.91 Å². The van der Waals surface area contributed by atoms with E-state index >= 15 is 0 Å². The minimum Gasteiger partial charge on any atom is -0.302 e. The molecular weight excluding hydrogens is 396 g/mol. The van der Waals surface area contributed by atoms with Crippen molar-refractivity contribution in [3.8, 4) is 0 Å². The van der Waals surface area contributed by atoms with E-state index in [-0.39, 0.29) is 23.8 Å². The average Bonchev–Trinajstić information content (AvgIpc) is 3.19. The molecule has 0 saturated heterocycles. The van der Waals surface area contributed by atoms with Crippen LogP contribution in [-0.4, -0.2) is 31.7 Å². The molecule has 1 aliphatic carbocycles. The summed E-state index contributed by atoms with van der Waals surface area (Å²) < 4.78 is 26.6. The van der Waals surface area contributed by atoms with E-state index in [4.69, 9.17) is 0 Å². The van der Waals surface area contributed by atoms with Crippen LogP contribution in [0.25, 0.3) is 0 Å². The molecule has 1 aromatic heterocycles. The molecule has 0 spiro atoms. The maximum atomic E-state index is 12.2. The SMILES string of the molecule is CCC1CCc2nc(NC(=O)CCN=C3NS(=O)(=O)c4ccccc43)sc2C1. The molecule has 0 bridgehead atoms. The van der Waals surface area contributed by atoms with Gasteiger partial charge in [-0.25, -0.2) is 13.4 Å². The monoisotopic (exact) mass is 418 g/mol. The number of thiazole rings is 1. The van der Waals surface area contributed by atoms with Gasteiger partial charge in [-0.3, -0.25) is 14.5 Å². The number of nitrogens with zero attached hydrogens (tertiary/aromatic N) is 2. The van der Waals surface area contributed by atoms with Crippen LogP contribution in [0.3, 0.4) is 0 Å². The Kier molecular flexibility index (Phi) is 5.20. The first-order chi connectivity index (χ1) is 13.5. The molecule has 148 valence electrons. The molecule has 0 fully saturated rings. The highest BCUT2D eigenvalue weighted by atomic mass is 32.2. The lowest BCUT2D eigenvalue weighted by atomic mass is 9.89. The largest absolute Gasteiger partial charge is 0.302 e. The highest BCUT2D eigenvalue weighted by molar-refractivity contribution is 7.90. The molecule has 9 heteroatoms. The third-order valence-electron chi connectivity index (χ3n) is 5.14. The fourth-order valence-electron chi connectivity index (χ4n) is 3.55. The van der Waals surface area contributed by atoms with Gasteiger partial charge in [0.05, 0.1) is 17.1 Å². The molecule has 0 saturated carbocycles. The predicted molar refractivity (Wildman–Crippen MR) is 109 cm³/mol. The van der Waals surface area contributed by atoms with Crippen LogP contribution in [0.1, 0.15) is 42.3 Å². The highest BCUT2D eigenvalue weighted by Gasteiger charge is 2.30. The molecule has 28 heavy (non-hydrogen) atoms. The second-order valence-corrected chi connectivity index (χ2v) is 9.77. The second kappa shape index (κ2) is 7.63. The molecule has 2 aliphatic rings. The number of hydrogen-bond acceptors (Lipinski definition) is 6. The molecule has 1 atom stereocenters. The van der Waals surface area contributed by atoms with Gasteiger partial charge in [0.1, 0.15) is 5.84 Å². The van der Waals surface area contributed by atoms with Crippen molar-refractivity contribution in [1.29, 1.82) is 0 Å². The van der Waals surface area contributed by atoms with E-state index < -0.39 is 10.0 Å². The predicted octanol–water partition coefficient (Wildman–Crippen LogP) is 2.73. The molecule has 7 nitrogen and oxygen atoms in total. The number of aliphatic imine (C=N–C) groups is 1. The van der Waals surface area contributed by atoms with Crippen LogP contribution in [0.2, 0.25) is 0 Å². The lowest BCUT2D eigenvalue weighted by Crippen LogP contribution is -2.23. The average molecular weight is 419 g/mol. The van der Waals surface area contributed by atoms with Gasteiger partial charge in [0, 0.05) is 16.9 Å². The maximum absolute atomic E-state index is 12.2. The summed E-state index contributed by atoms with van der Waals surface area (Å²) in [7, 11) is -3.55. The van der Waals surface area contributed by atoms with Gasteiger partial charge in [-0.2, -0.15) is 0 Å². The Balaban J connectivity index is 1.36. The number of nitrogens with one attached hydrogen (secondary N) is 2.